The average molecular weight is 373 g/mol. The number of nitrogens with zero attached hydrogens (tertiary/aromatic N) is 1. The van der Waals surface area contributed by atoms with Gasteiger partial charge in [-0.2, -0.15) is 0 Å². The van der Waals surface area contributed by atoms with Gasteiger partial charge in [-0.05, 0) is 47.0 Å². The normalized spacial score (nSPS) is 15.3. The van der Waals surface area contributed by atoms with Crippen molar-refractivity contribution in [3.8, 4) is 11.1 Å². The van der Waals surface area contributed by atoms with Gasteiger partial charge in [-0.25, -0.2) is 0 Å². The third kappa shape index (κ3) is 5.16. The first kappa shape index (κ1) is 19.1. The number of benzene rings is 1. The molecular formula is C21H28N2O2S. The van der Waals surface area contributed by atoms with E-state index in [1.54, 1.807) is 0 Å². The Labute approximate surface area is 160 Å². The van der Waals surface area contributed by atoms with Crippen molar-refractivity contribution in [3.05, 3.63) is 46.2 Å². The van der Waals surface area contributed by atoms with E-state index in [1.165, 1.54) is 16.9 Å². The zero-order valence-electron chi connectivity index (χ0n) is 15.7. The highest BCUT2D eigenvalue weighted by Crippen LogP contribution is 2.27. The smallest absolute Gasteiger partial charge is 0.261 e. The molecule has 1 aromatic heterocycles. The Morgan fingerprint density at radius 2 is 1.92 bits per heavy atom. The number of rotatable bonds is 7. The van der Waals surface area contributed by atoms with Crippen LogP contribution in [0.5, 0.6) is 0 Å². The number of nitrogens with one attached hydrogen (secondary N) is 1. The topological polar surface area (TPSA) is 41.6 Å². The number of carbonyl (C=O) groups excluding carboxylic acids is 1. The molecule has 0 unspecified atom stereocenters. The number of ether oxygens (including phenoxy) is 1. The quantitative estimate of drug-likeness (QED) is 0.747. The summed E-state index contributed by atoms with van der Waals surface area (Å²) >= 11 is 1.51. The Morgan fingerprint density at radius 3 is 2.62 bits per heavy atom. The van der Waals surface area contributed by atoms with E-state index in [0.717, 1.165) is 55.3 Å². The lowest BCUT2D eigenvalue weighted by Gasteiger charge is -2.26. The predicted octanol–water partition coefficient (Wildman–Crippen LogP) is 3.99. The molecule has 1 aliphatic heterocycles. The highest BCUT2D eigenvalue weighted by Gasteiger charge is 2.12. The summed E-state index contributed by atoms with van der Waals surface area (Å²) in [6.07, 6.45) is 0.973. The Kier molecular flexibility index (Phi) is 6.83. The summed E-state index contributed by atoms with van der Waals surface area (Å²) in [4.78, 5) is 15.5. The molecule has 5 heteroatoms. The van der Waals surface area contributed by atoms with Crippen LogP contribution in [0.4, 0.5) is 0 Å². The molecule has 0 radical (unpaired) electrons. The van der Waals surface area contributed by atoms with Gasteiger partial charge < -0.3 is 10.1 Å². The van der Waals surface area contributed by atoms with Crippen LogP contribution in [-0.2, 0) is 4.74 Å². The third-order valence-electron chi connectivity index (χ3n) is 4.77. The van der Waals surface area contributed by atoms with E-state index in [2.05, 4.69) is 53.7 Å². The molecule has 1 N–H and O–H groups in total. The van der Waals surface area contributed by atoms with Gasteiger partial charge in [-0.15, -0.1) is 11.3 Å². The van der Waals surface area contributed by atoms with E-state index < -0.39 is 0 Å². The van der Waals surface area contributed by atoms with Crippen molar-refractivity contribution < 1.29 is 9.53 Å². The second-order valence-corrected chi connectivity index (χ2v) is 7.95. The van der Waals surface area contributed by atoms with E-state index in [1.807, 2.05) is 6.07 Å². The Morgan fingerprint density at radius 1 is 1.19 bits per heavy atom. The predicted molar refractivity (Wildman–Crippen MR) is 108 cm³/mol. The maximum absolute atomic E-state index is 12.3. The Balaban J connectivity index is 1.48. The SMILES string of the molecule is CC(C)c1ccc(-c2csc(C(=O)NCCCN3CCOCC3)c2)cc1. The molecule has 1 aliphatic rings. The maximum atomic E-state index is 12.3. The molecule has 2 heterocycles. The van der Waals surface area contributed by atoms with Crippen LogP contribution in [-0.4, -0.2) is 50.2 Å². The molecule has 0 bridgehead atoms. The van der Waals surface area contributed by atoms with E-state index in [4.69, 9.17) is 4.74 Å². The van der Waals surface area contributed by atoms with Gasteiger partial charge in [-0.1, -0.05) is 38.1 Å². The minimum absolute atomic E-state index is 0.0297. The van der Waals surface area contributed by atoms with Crippen LogP contribution in [0.15, 0.2) is 35.7 Å². The van der Waals surface area contributed by atoms with Gasteiger partial charge in [0.05, 0.1) is 18.1 Å². The molecule has 140 valence electrons. The zero-order valence-corrected chi connectivity index (χ0v) is 16.5. The van der Waals surface area contributed by atoms with Crippen LogP contribution in [0.25, 0.3) is 11.1 Å². The largest absolute Gasteiger partial charge is 0.379 e. The number of hydrogen-bond donors (Lipinski definition) is 1. The number of carbonyl (C=O) groups is 1. The van der Waals surface area contributed by atoms with Crippen molar-refractivity contribution >= 4 is 17.2 Å². The van der Waals surface area contributed by atoms with Crippen molar-refractivity contribution in [3.63, 3.8) is 0 Å². The fourth-order valence-electron chi connectivity index (χ4n) is 3.08. The van der Waals surface area contributed by atoms with Gasteiger partial charge in [0.25, 0.3) is 5.91 Å². The molecule has 4 nitrogen and oxygen atoms in total. The molecule has 1 fully saturated rings. The van der Waals surface area contributed by atoms with Gasteiger partial charge >= 0.3 is 0 Å². The lowest BCUT2D eigenvalue weighted by atomic mass is 10.00. The second-order valence-electron chi connectivity index (χ2n) is 7.04. The van der Waals surface area contributed by atoms with Crippen LogP contribution >= 0.6 is 11.3 Å². The number of amides is 1. The van der Waals surface area contributed by atoms with E-state index in [-0.39, 0.29) is 5.91 Å². The maximum Gasteiger partial charge on any atom is 0.261 e. The van der Waals surface area contributed by atoms with Crippen molar-refractivity contribution in [2.45, 2.75) is 26.2 Å². The van der Waals surface area contributed by atoms with Crippen molar-refractivity contribution in [2.24, 2.45) is 0 Å². The number of hydrogen-bond acceptors (Lipinski definition) is 4. The molecule has 0 atom stereocenters. The Hall–Kier alpha value is -1.69. The molecule has 1 saturated heterocycles. The molecule has 0 spiro atoms. The van der Waals surface area contributed by atoms with Crippen LogP contribution in [0.2, 0.25) is 0 Å². The van der Waals surface area contributed by atoms with Crippen molar-refractivity contribution in [1.82, 2.24) is 10.2 Å². The summed E-state index contributed by atoms with van der Waals surface area (Å²) < 4.78 is 5.35. The first-order valence-electron chi connectivity index (χ1n) is 9.40. The number of thiophene rings is 1. The van der Waals surface area contributed by atoms with Crippen LogP contribution < -0.4 is 5.32 Å². The highest BCUT2D eigenvalue weighted by atomic mass is 32.1. The summed E-state index contributed by atoms with van der Waals surface area (Å²) in [5, 5.41) is 5.10. The van der Waals surface area contributed by atoms with Crippen LogP contribution in [0.1, 0.15) is 41.4 Å². The zero-order chi connectivity index (χ0) is 18.4. The molecule has 0 aliphatic carbocycles. The van der Waals surface area contributed by atoms with Crippen molar-refractivity contribution in [1.29, 1.82) is 0 Å². The summed E-state index contributed by atoms with van der Waals surface area (Å²) in [6, 6.07) is 10.6. The van der Waals surface area contributed by atoms with E-state index in [9.17, 15) is 4.79 Å². The highest BCUT2D eigenvalue weighted by molar-refractivity contribution is 7.12. The number of morpholine rings is 1. The fraction of sp³-hybridized carbons (Fsp3) is 0.476. The summed E-state index contributed by atoms with van der Waals surface area (Å²) in [7, 11) is 0. The van der Waals surface area contributed by atoms with Gasteiger partial charge in [-0.3, -0.25) is 9.69 Å². The third-order valence-corrected chi connectivity index (χ3v) is 5.70. The molecule has 0 saturated carbocycles. The van der Waals surface area contributed by atoms with Crippen molar-refractivity contribution in [2.75, 3.05) is 39.4 Å². The van der Waals surface area contributed by atoms with E-state index >= 15 is 0 Å². The van der Waals surface area contributed by atoms with Gasteiger partial charge in [0.1, 0.15) is 0 Å². The summed E-state index contributed by atoms with van der Waals surface area (Å²) in [5.41, 5.74) is 3.61. The molecule has 3 rings (SSSR count). The van der Waals surface area contributed by atoms with Gasteiger partial charge in [0.2, 0.25) is 0 Å². The van der Waals surface area contributed by atoms with Gasteiger partial charge in [0.15, 0.2) is 0 Å². The molecule has 1 amide bonds. The second kappa shape index (κ2) is 9.31. The molecule has 1 aromatic carbocycles. The monoisotopic (exact) mass is 372 g/mol. The minimum Gasteiger partial charge on any atom is -0.379 e. The standard InChI is InChI=1S/C21H28N2O2S/c1-16(2)17-4-6-18(7-5-17)19-14-20(26-15-19)21(24)22-8-3-9-23-10-12-25-13-11-23/h4-7,14-16H,3,8-13H2,1-2H3,(H,22,24). The minimum atomic E-state index is 0.0297. The first-order valence-corrected chi connectivity index (χ1v) is 10.3. The lowest BCUT2D eigenvalue weighted by molar-refractivity contribution is 0.0374. The summed E-state index contributed by atoms with van der Waals surface area (Å²) in [6.45, 7) is 9.76. The van der Waals surface area contributed by atoms with Gasteiger partial charge in [0, 0.05) is 19.6 Å². The van der Waals surface area contributed by atoms with Crippen LogP contribution in [0.3, 0.4) is 0 Å². The summed E-state index contributed by atoms with van der Waals surface area (Å²) in [5.74, 6) is 0.562. The Bertz CT molecular complexity index is 703. The van der Waals surface area contributed by atoms with Crippen LogP contribution in [0, 0.1) is 0 Å². The van der Waals surface area contributed by atoms with E-state index in [0.29, 0.717) is 12.5 Å². The molecule has 26 heavy (non-hydrogen) atoms. The first-order chi connectivity index (χ1) is 12.6. The fourth-order valence-corrected chi connectivity index (χ4v) is 3.92. The molecule has 2 aromatic rings. The average Bonchev–Trinajstić information content (AvgIpc) is 3.16. The lowest BCUT2D eigenvalue weighted by Crippen LogP contribution is -2.38. The molecular weight excluding hydrogens is 344 g/mol.